The molecule has 1 aliphatic rings. The van der Waals surface area contributed by atoms with Crippen molar-refractivity contribution >= 4 is 34.9 Å². The van der Waals surface area contributed by atoms with E-state index in [9.17, 15) is 35.9 Å². The number of amides is 2. The van der Waals surface area contributed by atoms with E-state index in [2.05, 4.69) is 4.98 Å². The Morgan fingerprint density at radius 2 is 1.74 bits per heavy atom. The smallest absolute Gasteiger partial charge is 0.311 e. The first kappa shape index (κ1) is 24.5. The predicted molar refractivity (Wildman–Crippen MR) is 115 cm³/mol. The molecule has 0 bridgehead atoms. The van der Waals surface area contributed by atoms with E-state index in [0.29, 0.717) is 17.0 Å². The molecule has 0 aliphatic carbocycles. The van der Waals surface area contributed by atoms with Crippen molar-refractivity contribution in [3.8, 4) is 0 Å². The Hall–Kier alpha value is -3.60. The molecule has 0 radical (unpaired) electrons. The van der Waals surface area contributed by atoms with Crippen LogP contribution in [0.3, 0.4) is 0 Å². The molecule has 35 heavy (non-hydrogen) atoms. The zero-order valence-corrected chi connectivity index (χ0v) is 18.7. The number of aryl methyl sites for hydroxylation is 1. The maximum atomic E-state index is 14.5. The average Bonchev–Trinajstić information content (AvgIpc) is 3.06. The third-order valence-corrected chi connectivity index (χ3v) is 5.74. The van der Waals surface area contributed by atoms with E-state index in [-0.39, 0.29) is 16.8 Å². The number of aromatic nitrogens is 1. The molecule has 4 rings (SSSR count). The highest BCUT2D eigenvalue weighted by atomic mass is 35.5. The number of fused-ring (bicyclic) bond motifs is 1. The fourth-order valence-electron chi connectivity index (χ4n) is 3.83. The molecule has 0 N–H and O–H groups in total. The maximum Gasteiger partial charge on any atom is 0.416 e. The topological polar surface area (TPSA) is 53.5 Å². The van der Waals surface area contributed by atoms with Gasteiger partial charge < -0.3 is 4.90 Å². The van der Waals surface area contributed by atoms with Crippen LogP contribution in [0.4, 0.5) is 37.8 Å². The van der Waals surface area contributed by atoms with Crippen LogP contribution in [0.1, 0.15) is 33.2 Å². The van der Waals surface area contributed by atoms with Gasteiger partial charge in [0.25, 0.3) is 11.8 Å². The van der Waals surface area contributed by atoms with E-state index in [4.69, 9.17) is 11.6 Å². The van der Waals surface area contributed by atoms with E-state index in [0.717, 1.165) is 42.3 Å². The number of hydrogen-bond acceptors (Lipinski definition) is 3. The molecule has 182 valence electrons. The number of hydrogen-bond donors (Lipinski definition) is 0. The van der Waals surface area contributed by atoms with Crippen molar-refractivity contribution in [2.75, 3.05) is 16.8 Å². The molecule has 3 aromatic rings. The van der Waals surface area contributed by atoms with Crippen LogP contribution in [0.2, 0.25) is 5.02 Å². The molecule has 0 unspecified atom stereocenters. The van der Waals surface area contributed by atoms with Crippen LogP contribution in [0.15, 0.2) is 42.5 Å². The van der Waals surface area contributed by atoms with Crippen molar-refractivity contribution in [2.45, 2.75) is 19.1 Å². The second kappa shape index (κ2) is 8.56. The summed E-state index contributed by atoms with van der Waals surface area (Å²) in [5.41, 5.74) is -1.96. The largest absolute Gasteiger partial charge is 0.416 e. The standard InChI is InChI=1S/C23H14ClF6N3O2/c1-10-5-11(23(28,29)30)6-19(31-10)33-20(13-4-3-12(25)7-14(13)21(33)34)22(35)32(2)18-8-15(24)16(26)9-17(18)27/h3-9,20H,1-2H3/t20-/m1/s1. The van der Waals surface area contributed by atoms with Crippen molar-refractivity contribution < 1.29 is 35.9 Å². The van der Waals surface area contributed by atoms with Gasteiger partial charge in [0, 0.05) is 24.4 Å². The summed E-state index contributed by atoms with van der Waals surface area (Å²) in [7, 11) is 1.12. The molecule has 5 nitrogen and oxygen atoms in total. The van der Waals surface area contributed by atoms with Crippen molar-refractivity contribution in [1.82, 2.24) is 4.98 Å². The van der Waals surface area contributed by atoms with Gasteiger partial charge in [-0.1, -0.05) is 17.7 Å². The first-order chi connectivity index (χ1) is 16.3. The number of nitrogens with zero attached hydrogens (tertiary/aromatic N) is 3. The minimum atomic E-state index is -4.78. The maximum absolute atomic E-state index is 14.5. The van der Waals surface area contributed by atoms with Crippen LogP contribution in [-0.4, -0.2) is 23.8 Å². The number of carbonyl (C=O) groups is 2. The summed E-state index contributed by atoms with van der Waals surface area (Å²) in [5, 5.41) is -0.488. The van der Waals surface area contributed by atoms with Gasteiger partial charge >= 0.3 is 6.18 Å². The van der Waals surface area contributed by atoms with Gasteiger partial charge in [-0.05, 0) is 42.8 Å². The third-order valence-electron chi connectivity index (χ3n) is 5.45. The minimum Gasteiger partial charge on any atom is -0.311 e. The van der Waals surface area contributed by atoms with Crippen LogP contribution >= 0.6 is 11.6 Å². The lowest BCUT2D eigenvalue weighted by atomic mass is 10.0. The Bertz CT molecular complexity index is 1380. The molecule has 0 saturated heterocycles. The molecule has 0 spiro atoms. The molecule has 1 aromatic heterocycles. The quantitative estimate of drug-likeness (QED) is 0.326. The van der Waals surface area contributed by atoms with Crippen LogP contribution in [0.5, 0.6) is 0 Å². The number of benzene rings is 2. The summed E-state index contributed by atoms with van der Waals surface area (Å²) in [5.74, 6) is -5.51. The van der Waals surface area contributed by atoms with Crippen molar-refractivity contribution in [1.29, 1.82) is 0 Å². The molecule has 1 aliphatic heterocycles. The van der Waals surface area contributed by atoms with E-state index in [1.54, 1.807) is 0 Å². The van der Waals surface area contributed by atoms with Crippen LogP contribution in [0, 0.1) is 24.4 Å². The monoisotopic (exact) mass is 513 g/mol. The molecule has 2 amide bonds. The van der Waals surface area contributed by atoms with E-state index in [1.165, 1.54) is 6.92 Å². The van der Waals surface area contributed by atoms with Crippen molar-refractivity contribution in [3.05, 3.63) is 87.3 Å². The number of carbonyl (C=O) groups excluding carboxylic acids is 2. The first-order valence-corrected chi connectivity index (χ1v) is 10.3. The van der Waals surface area contributed by atoms with Crippen LogP contribution in [0.25, 0.3) is 0 Å². The lowest BCUT2D eigenvalue weighted by molar-refractivity contribution is -0.137. The van der Waals surface area contributed by atoms with Gasteiger partial charge in [-0.25, -0.2) is 18.2 Å². The van der Waals surface area contributed by atoms with E-state index < -0.39 is 63.6 Å². The molecule has 12 heteroatoms. The fraction of sp³-hybridized carbons (Fsp3) is 0.174. The summed E-state index contributed by atoms with van der Waals surface area (Å²) in [6.45, 7) is 1.27. The second-order valence-corrected chi connectivity index (χ2v) is 8.18. The number of likely N-dealkylation sites (N-methyl/N-ethyl adjacent to an activating group) is 1. The van der Waals surface area contributed by atoms with Gasteiger partial charge in [0.15, 0.2) is 0 Å². The highest BCUT2D eigenvalue weighted by molar-refractivity contribution is 6.31. The fourth-order valence-corrected chi connectivity index (χ4v) is 3.99. The summed E-state index contributed by atoms with van der Waals surface area (Å²) in [4.78, 5) is 32.1. The minimum absolute atomic E-state index is 0.0290. The summed E-state index contributed by atoms with van der Waals surface area (Å²) >= 11 is 5.72. The molecule has 0 fully saturated rings. The SMILES string of the molecule is Cc1cc(C(F)(F)F)cc(N2C(=O)c3cc(F)ccc3[C@@H]2C(=O)N(C)c2cc(Cl)c(F)cc2F)n1. The Morgan fingerprint density at radius 3 is 2.40 bits per heavy atom. The van der Waals surface area contributed by atoms with E-state index in [1.807, 2.05) is 0 Å². The highest BCUT2D eigenvalue weighted by Crippen LogP contribution is 2.41. The molecule has 1 atom stereocenters. The normalized spacial score (nSPS) is 15.4. The highest BCUT2D eigenvalue weighted by Gasteiger charge is 2.45. The Morgan fingerprint density at radius 1 is 1.06 bits per heavy atom. The number of rotatable bonds is 3. The van der Waals surface area contributed by atoms with Crippen molar-refractivity contribution in [2.24, 2.45) is 0 Å². The molecule has 0 saturated carbocycles. The van der Waals surface area contributed by atoms with Gasteiger partial charge in [-0.15, -0.1) is 0 Å². The van der Waals surface area contributed by atoms with Gasteiger partial charge in [0.2, 0.25) is 0 Å². The van der Waals surface area contributed by atoms with Gasteiger partial charge in [-0.2, -0.15) is 13.2 Å². The lowest BCUT2D eigenvalue weighted by Gasteiger charge is -2.29. The lowest BCUT2D eigenvalue weighted by Crippen LogP contribution is -2.41. The summed E-state index contributed by atoms with van der Waals surface area (Å²) in [6, 6.07) is 3.97. The predicted octanol–water partition coefficient (Wildman–Crippen LogP) is 5.84. The molecular formula is C23H14ClF6N3O2. The second-order valence-electron chi connectivity index (χ2n) is 7.78. The number of halogens is 7. The van der Waals surface area contributed by atoms with Gasteiger partial charge in [0.1, 0.15) is 29.3 Å². The average molecular weight is 514 g/mol. The van der Waals surface area contributed by atoms with E-state index >= 15 is 0 Å². The first-order valence-electron chi connectivity index (χ1n) is 9.90. The zero-order chi connectivity index (χ0) is 25.8. The summed E-state index contributed by atoms with van der Waals surface area (Å²) in [6.07, 6.45) is -4.78. The van der Waals surface area contributed by atoms with Crippen LogP contribution < -0.4 is 9.80 Å². The van der Waals surface area contributed by atoms with Crippen molar-refractivity contribution in [3.63, 3.8) is 0 Å². The number of alkyl halides is 3. The molecular weight excluding hydrogens is 500 g/mol. The zero-order valence-electron chi connectivity index (χ0n) is 17.9. The van der Waals surface area contributed by atoms with Gasteiger partial charge in [-0.3, -0.25) is 14.5 Å². The molecule has 2 aromatic carbocycles. The Labute approximate surface area is 199 Å². The summed E-state index contributed by atoms with van der Waals surface area (Å²) < 4.78 is 82.2. The van der Waals surface area contributed by atoms with Gasteiger partial charge in [0.05, 0.1) is 16.3 Å². The number of anilines is 2. The number of pyridine rings is 1. The van der Waals surface area contributed by atoms with Crippen LogP contribution in [-0.2, 0) is 11.0 Å². The Kier molecular flexibility index (Phi) is 6.00. The Balaban J connectivity index is 1.88. The third kappa shape index (κ3) is 4.31. The molecule has 2 heterocycles.